The van der Waals surface area contributed by atoms with E-state index in [1.807, 2.05) is 12.1 Å². The van der Waals surface area contributed by atoms with Gasteiger partial charge in [0.15, 0.2) is 11.6 Å². The maximum atomic E-state index is 11.0. The summed E-state index contributed by atoms with van der Waals surface area (Å²) in [4.78, 5) is 14.9. The van der Waals surface area contributed by atoms with Crippen LogP contribution in [0.25, 0.3) is 22.8 Å². The summed E-state index contributed by atoms with van der Waals surface area (Å²) < 4.78 is 1.52. The van der Waals surface area contributed by atoms with Crippen LogP contribution >= 0.6 is 23.2 Å². The second-order valence-electron chi connectivity index (χ2n) is 4.76. The number of rotatable bonds is 3. The Morgan fingerprint density at radius 3 is 2.48 bits per heavy atom. The molecule has 0 aliphatic carbocycles. The van der Waals surface area contributed by atoms with Crippen molar-refractivity contribution in [2.24, 2.45) is 7.05 Å². The van der Waals surface area contributed by atoms with Crippen molar-refractivity contribution in [3.05, 3.63) is 62.6 Å². The number of nitrogens with zero attached hydrogens (tertiary/aromatic N) is 4. The molecule has 0 unspecified atom stereocenters. The Kier molecular flexibility index (Phi) is 4.02. The predicted octanol–water partition coefficient (Wildman–Crippen LogP) is 4.36. The third kappa shape index (κ3) is 2.78. The van der Waals surface area contributed by atoms with E-state index in [2.05, 4.69) is 10.1 Å². The lowest BCUT2D eigenvalue weighted by Crippen LogP contribution is -1.97. The minimum Gasteiger partial charge on any atom is -0.258 e. The number of benzene rings is 2. The van der Waals surface area contributed by atoms with Crippen LogP contribution in [0.3, 0.4) is 0 Å². The second kappa shape index (κ2) is 5.98. The Hall–Kier alpha value is -2.44. The van der Waals surface area contributed by atoms with Crippen LogP contribution in [0, 0.1) is 10.1 Å². The molecular weight excluding hydrogens is 339 g/mol. The number of hydrogen-bond donors (Lipinski definition) is 0. The number of aryl methyl sites for hydroxylation is 1. The molecule has 1 aromatic heterocycles. The molecule has 0 aliphatic rings. The molecule has 0 bridgehead atoms. The lowest BCUT2D eigenvalue weighted by molar-refractivity contribution is -0.384. The van der Waals surface area contributed by atoms with Crippen LogP contribution in [0.2, 0.25) is 10.0 Å². The summed E-state index contributed by atoms with van der Waals surface area (Å²) in [5.74, 6) is 0.851. The lowest BCUT2D eigenvalue weighted by atomic mass is 10.2. The maximum Gasteiger partial charge on any atom is 0.288 e. The van der Waals surface area contributed by atoms with E-state index in [0.717, 1.165) is 0 Å². The lowest BCUT2D eigenvalue weighted by Gasteiger charge is -2.03. The predicted molar refractivity (Wildman–Crippen MR) is 88.5 cm³/mol. The smallest absolute Gasteiger partial charge is 0.258 e. The summed E-state index contributed by atoms with van der Waals surface area (Å²) in [6, 6.07) is 11.8. The minimum absolute atomic E-state index is 0.0266. The van der Waals surface area contributed by atoms with Gasteiger partial charge in [0.1, 0.15) is 5.02 Å². The normalized spacial score (nSPS) is 10.7. The zero-order valence-corrected chi connectivity index (χ0v) is 13.4. The molecule has 0 saturated carbocycles. The Balaban J connectivity index is 2.15. The van der Waals surface area contributed by atoms with Crippen LogP contribution in [0.4, 0.5) is 5.69 Å². The van der Waals surface area contributed by atoms with Crippen LogP contribution in [0.1, 0.15) is 0 Å². The van der Waals surface area contributed by atoms with Gasteiger partial charge < -0.3 is 0 Å². The van der Waals surface area contributed by atoms with Gasteiger partial charge in [-0.3, -0.25) is 10.1 Å². The number of hydrogen-bond acceptors (Lipinski definition) is 4. The van der Waals surface area contributed by atoms with Gasteiger partial charge in [-0.1, -0.05) is 41.4 Å². The third-order valence-electron chi connectivity index (χ3n) is 3.29. The summed E-state index contributed by atoms with van der Waals surface area (Å²) >= 11 is 12.3. The van der Waals surface area contributed by atoms with Crippen molar-refractivity contribution in [1.29, 1.82) is 0 Å². The van der Waals surface area contributed by atoms with Gasteiger partial charge in [-0.25, -0.2) is 9.67 Å². The van der Waals surface area contributed by atoms with Crippen LogP contribution in [-0.2, 0) is 7.05 Å². The van der Waals surface area contributed by atoms with Crippen LogP contribution in [-0.4, -0.2) is 19.7 Å². The molecule has 3 aromatic rings. The molecule has 6 nitrogen and oxygen atoms in total. The van der Waals surface area contributed by atoms with Crippen LogP contribution in [0.5, 0.6) is 0 Å². The maximum absolute atomic E-state index is 11.0. The van der Waals surface area contributed by atoms with Crippen molar-refractivity contribution in [2.75, 3.05) is 0 Å². The molecule has 1 heterocycles. The zero-order valence-electron chi connectivity index (χ0n) is 11.9. The van der Waals surface area contributed by atoms with Crippen molar-refractivity contribution in [2.45, 2.75) is 0 Å². The van der Waals surface area contributed by atoms with E-state index in [1.165, 1.54) is 10.7 Å². The molecule has 0 radical (unpaired) electrons. The average Bonchev–Trinajstić information content (AvgIpc) is 2.89. The highest BCUT2D eigenvalue weighted by atomic mass is 35.5. The van der Waals surface area contributed by atoms with Gasteiger partial charge in [0.2, 0.25) is 0 Å². The van der Waals surface area contributed by atoms with E-state index >= 15 is 0 Å². The van der Waals surface area contributed by atoms with Crippen molar-refractivity contribution >= 4 is 28.9 Å². The van der Waals surface area contributed by atoms with E-state index in [9.17, 15) is 10.1 Å². The monoisotopic (exact) mass is 348 g/mol. The van der Waals surface area contributed by atoms with Crippen LogP contribution in [0.15, 0.2) is 42.5 Å². The first-order valence-electron chi connectivity index (χ1n) is 6.58. The Morgan fingerprint density at radius 2 is 1.78 bits per heavy atom. The molecule has 2 aromatic carbocycles. The van der Waals surface area contributed by atoms with E-state index < -0.39 is 4.92 Å². The highest BCUT2D eigenvalue weighted by Gasteiger charge is 2.21. The highest BCUT2D eigenvalue weighted by Crippen LogP contribution is 2.35. The summed E-state index contributed by atoms with van der Waals surface area (Å²) in [5.41, 5.74) is 0.943. The SMILES string of the molecule is Cn1nc(-c2ccccc2Cl)nc1-c1cccc([N+](=O)[O-])c1Cl. The van der Waals surface area contributed by atoms with Crippen molar-refractivity contribution in [3.8, 4) is 22.8 Å². The number of aromatic nitrogens is 3. The molecule has 116 valence electrons. The van der Waals surface area contributed by atoms with Gasteiger partial charge in [-0.15, -0.1) is 0 Å². The summed E-state index contributed by atoms with van der Waals surface area (Å²) in [7, 11) is 1.69. The van der Waals surface area contributed by atoms with Gasteiger partial charge in [-0.05, 0) is 18.2 Å². The first-order valence-corrected chi connectivity index (χ1v) is 7.34. The molecule has 0 N–H and O–H groups in total. The first kappa shape index (κ1) is 15.5. The van der Waals surface area contributed by atoms with Gasteiger partial charge in [0.05, 0.1) is 9.95 Å². The number of halogens is 2. The molecular formula is C15H10Cl2N4O2. The topological polar surface area (TPSA) is 73.8 Å². The quantitative estimate of drug-likeness (QED) is 0.520. The minimum atomic E-state index is -0.531. The summed E-state index contributed by atoms with van der Waals surface area (Å²) in [5, 5.41) is 15.9. The molecule has 0 fully saturated rings. The summed E-state index contributed by atoms with van der Waals surface area (Å²) in [6.07, 6.45) is 0. The van der Waals surface area contributed by atoms with Crippen molar-refractivity contribution in [1.82, 2.24) is 14.8 Å². The molecule has 0 spiro atoms. The van der Waals surface area contributed by atoms with Crippen molar-refractivity contribution < 1.29 is 4.92 Å². The third-order valence-corrected chi connectivity index (χ3v) is 4.02. The first-order chi connectivity index (χ1) is 11.0. The molecule has 0 atom stereocenters. The van der Waals surface area contributed by atoms with E-state index in [4.69, 9.17) is 23.2 Å². The standard InChI is InChI=1S/C15H10Cl2N4O2/c1-20-15(10-6-4-8-12(13(10)17)21(22)23)18-14(19-20)9-5-2-3-7-11(9)16/h2-8H,1H3. The van der Waals surface area contributed by atoms with Gasteiger partial charge in [0, 0.05) is 24.2 Å². The molecule has 23 heavy (non-hydrogen) atoms. The van der Waals surface area contributed by atoms with Crippen LogP contribution < -0.4 is 0 Å². The molecule has 3 rings (SSSR count). The highest BCUT2D eigenvalue weighted by molar-refractivity contribution is 6.35. The largest absolute Gasteiger partial charge is 0.288 e. The van der Waals surface area contributed by atoms with E-state index in [-0.39, 0.29) is 10.7 Å². The van der Waals surface area contributed by atoms with E-state index in [0.29, 0.717) is 27.8 Å². The fourth-order valence-corrected chi connectivity index (χ4v) is 2.71. The van der Waals surface area contributed by atoms with Gasteiger partial charge in [-0.2, -0.15) is 5.10 Å². The molecule has 0 amide bonds. The molecule has 8 heteroatoms. The fraction of sp³-hybridized carbons (Fsp3) is 0.0667. The Morgan fingerprint density at radius 1 is 1.09 bits per heavy atom. The zero-order chi connectivity index (χ0) is 16.6. The fourth-order valence-electron chi connectivity index (χ4n) is 2.21. The molecule has 0 aliphatic heterocycles. The van der Waals surface area contributed by atoms with Crippen molar-refractivity contribution in [3.63, 3.8) is 0 Å². The van der Waals surface area contributed by atoms with Gasteiger partial charge in [0.25, 0.3) is 5.69 Å². The van der Waals surface area contributed by atoms with Gasteiger partial charge >= 0.3 is 0 Å². The summed E-state index contributed by atoms with van der Waals surface area (Å²) in [6.45, 7) is 0. The number of nitro benzene ring substituents is 1. The Labute approximate surface area is 141 Å². The Bertz CT molecular complexity index is 908. The number of nitro groups is 1. The second-order valence-corrected chi connectivity index (χ2v) is 5.54. The molecule has 0 saturated heterocycles. The van der Waals surface area contributed by atoms with E-state index in [1.54, 1.807) is 31.3 Å². The average molecular weight is 349 g/mol.